The van der Waals surface area contributed by atoms with E-state index < -0.39 is 6.10 Å². The second kappa shape index (κ2) is 7.87. The number of aryl methyl sites for hydroxylation is 1. The third-order valence-electron chi connectivity index (χ3n) is 5.15. The Morgan fingerprint density at radius 1 is 1.04 bits per heavy atom. The molecular formula is C24H23BrO2. The second-order valence-electron chi connectivity index (χ2n) is 7.26. The summed E-state index contributed by atoms with van der Waals surface area (Å²) < 4.78 is 6.82. The van der Waals surface area contributed by atoms with Crippen LogP contribution in [-0.4, -0.2) is 5.11 Å². The molecular weight excluding hydrogens is 400 g/mol. The average Bonchev–Trinajstić information content (AvgIpc) is 3.54. The monoisotopic (exact) mass is 422 g/mol. The van der Waals surface area contributed by atoms with E-state index in [9.17, 15) is 5.11 Å². The Bertz CT molecular complexity index is 915. The maximum atomic E-state index is 10.9. The minimum Gasteiger partial charge on any atom is -0.488 e. The summed E-state index contributed by atoms with van der Waals surface area (Å²) in [7, 11) is 0. The Kier molecular flexibility index (Phi) is 5.33. The molecule has 0 heterocycles. The maximum absolute atomic E-state index is 10.9. The van der Waals surface area contributed by atoms with Gasteiger partial charge < -0.3 is 9.84 Å². The lowest BCUT2D eigenvalue weighted by atomic mass is 9.96. The molecule has 1 unspecified atom stereocenters. The quantitative estimate of drug-likeness (QED) is 0.505. The van der Waals surface area contributed by atoms with Gasteiger partial charge in [0.2, 0.25) is 0 Å². The molecule has 0 bridgehead atoms. The first-order chi connectivity index (χ1) is 13.1. The molecule has 0 saturated heterocycles. The van der Waals surface area contributed by atoms with Crippen LogP contribution in [-0.2, 0) is 6.61 Å². The van der Waals surface area contributed by atoms with Gasteiger partial charge >= 0.3 is 0 Å². The van der Waals surface area contributed by atoms with Gasteiger partial charge in [-0.1, -0.05) is 54.6 Å². The highest BCUT2D eigenvalue weighted by Gasteiger charge is 2.23. The molecule has 3 heteroatoms. The van der Waals surface area contributed by atoms with Crippen LogP contribution in [0.2, 0.25) is 0 Å². The lowest BCUT2D eigenvalue weighted by Crippen LogP contribution is -2.04. The van der Waals surface area contributed by atoms with Gasteiger partial charge in [0.25, 0.3) is 0 Å². The molecule has 27 heavy (non-hydrogen) atoms. The molecule has 1 saturated carbocycles. The van der Waals surface area contributed by atoms with E-state index in [1.165, 1.54) is 18.4 Å². The van der Waals surface area contributed by atoms with Gasteiger partial charge in [0.1, 0.15) is 18.5 Å². The zero-order valence-electron chi connectivity index (χ0n) is 15.4. The van der Waals surface area contributed by atoms with Crippen molar-refractivity contribution >= 4 is 15.9 Å². The molecule has 1 fully saturated rings. The molecule has 1 aliphatic carbocycles. The first-order valence-corrected chi connectivity index (χ1v) is 10.2. The maximum Gasteiger partial charge on any atom is 0.134 e. The molecule has 0 radical (unpaired) electrons. The normalized spacial score (nSPS) is 14.8. The Balaban J connectivity index is 1.51. The number of hydrogen-bond donors (Lipinski definition) is 1. The first kappa shape index (κ1) is 18.3. The molecule has 4 rings (SSSR count). The highest BCUT2D eigenvalue weighted by Crippen LogP contribution is 2.40. The number of hydrogen-bond acceptors (Lipinski definition) is 2. The summed E-state index contributed by atoms with van der Waals surface area (Å²) >= 11 is 3.60. The summed E-state index contributed by atoms with van der Waals surface area (Å²) in [5.74, 6) is 1.52. The van der Waals surface area contributed by atoms with Crippen molar-refractivity contribution in [3.8, 4) is 5.75 Å². The van der Waals surface area contributed by atoms with Crippen molar-refractivity contribution in [2.45, 2.75) is 38.4 Å². The smallest absolute Gasteiger partial charge is 0.134 e. The summed E-state index contributed by atoms with van der Waals surface area (Å²) in [6.45, 7) is 2.53. The fourth-order valence-electron chi connectivity index (χ4n) is 3.36. The third kappa shape index (κ3) is 4.26. The number of benzene rings is 3. The Hall–Kier alpha value is -2.10. The SMILES string of the molecule is Cc1cc(OCc2ccccc2)c(Br)cc1C(O)c1ccc(C2CC2)cc1. The van der Waals surface area contributed by atoms with E-state index in [0.29, 0.717) is 6.61 Å². The number of ether oxygens (including phenoxy) is 1. The van der Waals surface area contributed by atoms with Crippen LogP contribution in [0.3, 0.4) is 0 Å². The molecule has 3 aromatic rings. The van der Waals surface area contributed by atoms with Gasteiger partial charge in [-0.05, 0) is 81.6 Å². The standard InChI is InChI=1S/C24H23BrO2/c1-16-13-23(27-15-17-5-3-2-4-6-17)22(25)14-21(16)24(26)20-11-9-19(10-12-20)18-7-8-18/h2-6,9-14,18,24,26H,7-8,15H2,1H3. The molecule has 1 N–H and O–H groups in total. The lowest BCUT2D eigenvalue weighted by molar-refractivity contribution is 0.219. The Morgan fingerprint density at radius 2 is 1.74 bits per heavy atom. The van der Waals surface area contributed by atoms with Crippen molar-refractivity contribution in [2.24, 2.45) is 0 Å². The van der Waals surface area contributed by atoms with Gasteiger partial charge in [0.15, 0.2) is 0 Å². The molecule has 0 amide bonds. The summed E-state index contributed by atoms with van der Waals surface area (Å²) in [5, 5.41) is 10.9. The zero-order chi connectivity index (χ0) is 18.8. The summed E-state index contributed by atoms with van der Waals surface area (Å²) in [6, 6.07) is 22.5. The first-order valence-electron chi connectivity index (χ1n) is 9.36. The summed E-state index contributed by atoms with van der Waals surface area (Å²) in [6.07, 6.45) is 1.94. The number of rotatable bonds is 6. The van der Waals surface area contributed by atoms with E-state index >= 15 is 0 Å². The van der Waals surface area contributed by atoms with Gasteiger partial charge in [-0.25, -0.2) is 0 Å². The van der Waals surface area contributed by atoms with E-state index in [1.54, 1.807) is 0 Å². The van der Waals surface area contributed by atoms with Gasteiger partial charge in [-0.2, -0.15) is 0 Å². The van der Waals surface area contributed by atoms with Crippen LogP contribution in [0.5, 0.6) is 5.75 Å². The molecule has 0 spiro atoms. The van der Waals surface area contributed by atoms with Crippen molar-refractivity contribution in [2.75, 3.05) is 0 Å². The van der Waals surface area contributed by atoms with Gasteiger partial charge in [-0.15, -0.1) is 0 Å². The number of halogens is 1. The fraction of sp³-hybridized carbons (Fsp3) is 0.250. The average molecular weight is 423 g/mol. The van der Waals surface area contributed by atoms with Crippen LogP contribution in [0, 0.1) is 6.92 Å². The topological polar surface area (TPSA) is 29.5 Å². The van der Waals surface area contributed by atoms with Crippen LogP contribution in [0.4, 0.5) is 0 Å². The molecule has 0 aromatic heterocycles. The summed E-state index contributed by atoms with van der Waals surface area (Å²) in [4.78, 5) is 0. The van der Waals surface area contributed by atoms with Gasteiger partial charge in [-0.3, -0.25) is 0 Å². The predicted octanol–water partition coefficient (Wildman–Crippen LogP) is 6.30. The van der Waals surface area contributed by atoms with Crippen LogP contribution in [0.25, 0.3) is 0 Å². The van der Waals surface area contributed by atoms with Crippen LogP contribution >= 0.6 is 15.9 Å². The highest BCUT2D eigenvalue weighted by molar-refractivity contribution is 9.10. The number of aliphatic hydroxyl groups is 1. The van der Waals surface area contributed by atoms with E-state index in [0.717, 1.165) is 38.4 Å². The second-order valence-corrected chi connectivity index (χ2v) is 8.11. The van der Waals surface area contributed by atoms with E-state index in [1.807, 2.05) is 61.5 Å². The van der Waals surface area contributed by atoms with Crippen LogP contribution in [0.15, 0.2) is 71.2 Å². The summed E-state index contributed by atoms with van der Waals surface area (Å²) in [5.41, 5.74) is 5.34. The van der Waals surface area contributed by atoms with Crippen LogP contribution in [0.1, 0.15) is 52.7 Å². The van der Waals surface area contributed by atoms with Crippen molar-refractivity contribution in [1.29, 1.82) is 0 Å². The molecule has 1 aliphatic rings. The van der Waals surface area contributed by atoms with E-state index in [4.69, 9.17) is 4.74 Å². The zero-order valence-corrected chi connectivity index (χ0v) is 16.9. The van der Waals surface area contributed by atoms with E-state index in [-0.39, 0.29) is 0 Å². The minimum atomic E-state index is -0.641. The Morgan fingerprint density at radius 3 is 2.41 bits per heavy atom. The molecule has 3 aromatic carbocycles. The fourth-order valence-corrected chi connectivity index (χ4v) is 3.83. The molecule has 1 atom stereocenters. The molecule has 138 valence electrons. The van der Waals surface area contributed by atoms with E-state index in [2.05, 4.69) is 28.1 Å². The minimum absolute atomic E-state index is 0.517. The van der Waals surface area contributed by atoms with Crippen LogP contribution < -0.4 is 4.74 Å². The van der Waals surface area contributed by atoms with Crippen molar-refractivity contribution in [1.82, 2.24) is 0 Å². The van der Waals surface area contributed by atoms with Gasteiger partial charge in [0.05, 0.1) is 4.47 Å². The van der Waals surface area contributed by atoms with Gasteiger partial charge in [0, 0.05) is 0 Å². The van der Waals surface area contributed by atoms with Crippen molar-refractivity contribution in [3.63, 3.8) is 0 Å². The largest absolute Gasteiger partial charge is 0.488 e. The molecule has 0 aliphatic heterocycles. The highest BCUT2D eigenvalue weighted by atomic mass is 79.9. The molecule has 2 nitrogen and oxygen atoms in total. The Labute approximate surface area is 169 Å². The lowest BCUT2D eigenvalue weighted by Gasteiger charge is -2.17. The van der Waals surface area contributed by atoms with Crippen molar-refractivity contribution in [3.05, 3.63) is 99.0 Å². The predicted molar refractivity (Wildman–Crippen MR) is 112 cm³/mol. The number of aliphatic hydroxyl groups excluding tert-OH is 1. The third-order valence-corrected chi connectivity index (χ3v) is 5.77. The van der Waals surface area contributed by atoms with Crippen molar-refractivity contribution < 1.29 is 9.84 Å².